The molecule has 4 heteroatoms. The Bertz CT molecular complexity index is 287. The van der Waals surface area contributed by atoms with Crippen LogP contribution in [-0.2, 0) is 11.2 Å². The van der Waals surface area contributed by atoms with Crippen molar-refractivity contribution in [3.8, 4) is 5.75 Å². The van der Waals surface area contributed by atoms with Crippen molar-refractivity contribution in [1.82, 2.24) is 0 Å². The number of benzene rings is 1. The average molecular weight is 225 g/mol. The molecule has 1 rings (SSSR count). The van der Waals surface area contributed by atoms with Crippen molar-refractivity contribution < 1.29 is 14.6 Å². The number of rotatable bonds is 7. The van der Waals surface area contributed by atoms with Gasteiger partial charge in [0, 0.05) is 6.04 Å². The van der Waals surface area contributed by atoms with E-state index < -0.39 is 0 Å². The third kappa shape index (κ3) is 4.61. The third-order valence-electron chi connectivity index (χ3n) is 2.22. The molecule has 0 aromatic heterocycles. The van der Waals surface area contributed by atoms with E-state index in [9.17, 15) is 0 Å². The quantitative estimate of drug-likeness (QED) is 0.666. The first kappa shape index (κ1) is 13.0. The maximum Gasteiger partial charge on any atom is 0.118 e. The summed E-state index contributed by atoms with van der Waals surface area (Å²) in [6, 6.07) is 7.77. The van der Waals surface area contributed by atoms with Crippen LogP contribution < -0.4 is 10.5 Å². The van der Waals surface area contributed by atoms with Gasteiger partial charge in [0.15, 0.2) is 0 Å². The fraction of sp³-hybridized carbons (Fsp3) is 0.500. The van der Waals surface area contributed by atoms with Crippen LogP contribution in [0.2, 0.25) is 0 Å². The van der Waals surface area contributed by atoms with E-state index in [2.05, 4.69) is 0 Å². The summed E-state index contributed by atoms with van der Waals surface area (Å²) in [6.45, 7) is 0.845. The van der Waals surface area contributed by atoms with Crippen LogP contribution in [0.25, 0.3) is 0 Å². The maximum absolute atomic E-state index is 8.55. The molecule has 0 fully saturated rings. The maximum atomic E-state index is 8.55. The number of nitrogens with two attached hydrogens (primary N) is 1. The van der Waals surface area contributed by atoms with E-state index in [1.165, 1.54) is 0 Å². The van der Waals surface area contributed by atoms with Gasteiger partial charge in [0.05, 0.1) is 26.9 Å². The summed E-state index contributed by atoms with van der Waals surface area (Å²) in [5.41, 5.74) is 7.03. The Balaban J connectivity index is 2.34. The Morgan fingerprint density at radius 1 is 1.31 bits per heavy atom. The predicted octanol–water partition coefficient (Wildman–Crippen LogP) is 0.574. The monoisotopic (exact) mass is 225 g/mol. The molecule has 0 aliphatic rings. The molecule has 3 N–H and O–H groups in total. The lowest BCUT2D eigenvalue weighted by molar-refractivity contribution is 0.0832. The minimum atomic E-state index is -0.0417. The van der Waals surface area contributed by atoms with Gasteiger partial charge in [-0.1, -0.05) is 12.1 Å². The molecule has 1 aromatic carbocycles. The molecule has 0 saturated carbocycles. The number of aliphatic hydroxyl groups is 1. The lowest BCUT2D eigenvalue weighted by Gasteiger charge is -2.12. The summed E-state index contributed by atoms with van der Waals surface area (Å²) >= 11 is 0. The minimum Gasteiger partial charge on any atom is -0.497 e. The van der Waals surface area contributed by atoms with Crippen LogP contribution in [0.3, 0.4) is 0 Å². The standard InChI is InChI=1S/C12H19NO3/c1-15-12-4-2-10(3-5-12)8-11(13)9-16-7-6-14/h2-5,11,14H,6-9,13H2,1H3. The normalized spacial score (nSPS) is 12.4. The van der Waals surface area contributed by atoms with Crippen molar-refractivity contribution in [2.24, 2.45) is 5.73 Å². The number of hydrogen-bond acceptors (Lipinski definition) is 4. The molecule has 1 unspecified atom stereocenters. The first-order valence-corrected chi connectivity index (χ1v) is 5.33. The lowest BCUT2D eigenvalue weighted by atomic mass is 10.1. The van der Waals surface area contributed by atoms with E-state index in [0.29, 0.717) is 13.2 Å². The van der Waals surface area contributed by atoms with Crippen LogP contribution >= 0.6 is 0 Å². The molecule has 0 amide bonds. The summed E-state index contributed by atoms with van der Waals surface area (Å²) in [5, 5.41) is 8.55. The Morgan fingerprint density at radius 2 is 2.00 bits per heavy atom. The second-order valence-corrected chi connectivity index (χ2v) is 3.61. The van der Waals surface area contributed by atoms with Crippen molar-refractivity contribution in [3.63, 3.8) is 0 Å². The van der Waals surface area contributed by atoms with Crippen LogP contribution in [0, 0.1) is 0 Å². The Labute approximate surface area is 96.0 Å². The SMILES string of the molecule is COc1ccc(CC(N)COCCO)cc1. The second-order valence-electron chi connectivity index (χ2n) is 3.61. The minimum absolute atomic E-state index is 0.0370. The van der Waals surface area contributed by atoms with E-state index in [0.717, 1.165) is 17.7 Å². The number of ether oxygens (including phenoxy) is 2. The Morgan fingerprint density at radius 3 is 2.56 bits per heavy atom. The van der Waals surface area contributed by atoms with Crippen molar-refractivity contribution >= 4 is 0 Å². The fourth-order valence-electron chi connectivity index (χ4n) is 1.42. The van der Waals surface area contributed by atoms with E-state index in [1.807, 2.05) is 24.3 Å². The van der Waals surface area contributed by atoms with Gasteiger partial charge in [0.1, 0.15) is 5.75 Å². The molecule has 90 valence electrons. The van der Waals surface area contributed by atoms with Gasteiger partial charge in [-0.25, -0.2) is 0 Å². The second kappa shape index (κ2) is 7.22. The summed E-state index contributed by atoms with van der Waals surface area (Å²) in [4.78, 5) is 0. The van der Waals surface area contributed by atoms with Crippen molar-refractivity contribution in [2.45, 2.75) is 12.5 Å². The predicted molar refractivity (Wildman–Crippen MR) is 62.6 cm³/mol. The van der Waals surface area contributed by atoms with Crippen molar-refractivity contribution in [1.29, 1.82) is 0 Å². The highest BCUT2D eigenvalue weighted by Crippen LogP contribution is 2.12. The molecule has 0 aliphatic carbocycles. The third-order valence-corrected chi connectivity index (χ3v) is 2.22. The fourth-order valence-corrected chi connectivity index (χ4v) is 1.42. The number of aliphatic hydroxyl groups excluding tert-OH is 1. The van der Waals surface area contributed by atoms with Crippen molar-refractivity contribution in [3.05, 3.63) is 29.8 Å². The van der Waals surface area contributed by atoms with Crippen molar-refractivity contribution in [2.75, 3.05) is 26.9 Å². The smallest absolute Gasteiger partial charge is 0.118 e. The van der Waals surface area contributed by atoms with Gasteiger partial charge in [-0.15, -0.1) is 0 Å². The van der Waals surface area contributed by atoms with Gasteiger partial charge in [0.25, 0.3) is 0 Å². The van der Waals surface area contributed by atoms with E-state index in [-0.39, 0.29) is 12.6 Å². The summed E-state index contributed by atoms with van der Waals surface area (Å²) in [5.74, 6) is 0.842. The molecular weight excluding hydrogens is 206 g/mol. The van der Waals surface area contributed by atoms with Crippen LogP contribution in [0.1, 0.15) is 5.56 Å². The summed E-state index contributed by atoms with van der Waals surface area (Å²) in [7, 11) is 1.64. The van der Waals surface area contributed by atoms with Gasteiger partial charge in [0.2, 0.25) is 0 Å². The molecule has 16 heavy (non-hydrogen) atoms. The zero-order chi connectivity index (χ0) is 11.8. The average Bonchev–Trinajstić information content (AvgIpc) is 2.30. The van der Waals surface area contributed by atoms with Crippen LogP contribution in [0.4, 0.5) is 0 Å². The highest BCUT2D eigenvalue weighted by Gasteiger charge is 2.04. The molecule has 0 saturated heterocycles. The molecule has 4 nitrogen and oxygen atoms in total. The van der Waals surface area contributed by atoms with E-state index >= 15 is 0 Å². The molecule has 1 atom stereocenters. The largest absolute Gasteiger partial charge is 0.497 e. The zero-order valence-corrected chi connectivity index (χ0v) is 9.56. The molecule has 0 spiro atoms. The highest BCUT2D eigenvalue weighted by molar-refractivity contribution is 5.27. The molecule has 1 aromatic rings. The Hall–Kier alpha value is -1.10. The molecule has 0 aliphatic heterocycles. The van der Waals surface area contributed by atoms with E-state index in [4.69, 9.17) is 20.3 Å². The summed E-state index contributed by atoms with van der Waals surface area (Å²) < 4.78 is 10.2. The van der Waals surface area contributed by atoms with Gasteiger partial charge in [-0.3, -0.25) is 0 Å². The zero-order valence-electron chi connectivity index (χ0n) is 9.56. The lowest BCUT2D eigenvalue weighted by Crippen LogP contribution is -2.29. The van der Waals surface area contributed by atoms with Crippen LogP contribution in [0.5, 0.6) is 5.75 Å². The molecule has 0 heterocycles. The Kier molecular flexibility index (Phi) is 5.85. The number of hydrogen-bond donors (Lipinski definition) is 2. The summed E-state index contributed by atoms with van der Waals surface area (Å²) in [6.07, 6.45) is 0.759. The highest BCUT2D eigenvalue weighted by atomic mass is 16.5. The van der Waals surface area contributed by atoms with Gasteiger partial charge < -0.3 is 20.3 Å². The van der Waals surface area contributed by atoms with Gasteiger partial charge in [-0.2, -0.15) is 0 Å². The first-order valence-electron chi connectivity index (χ1n) is 5.33. The number of methoxy groups -OCH3 is 1. The van der Waals surface area contributed by atoms with Gasteiger partial charge >= 0.3 is 0 Å². The molecular formula is C12H19NO3. The first-order chi connectivity index (χ1) is 7.76. The molecule has 0 bridgehead atoms. The molecule has 0 radical (unpaired) electrons. The van der Waals surface area contributed by atoms with E-state index in [1.54, 1.807) is 7.11 Å². The van der Waals surface area contributed by atoms with Crippen LogP contribution in [0.15, 0.2) is 24.3 Å². The van der Waals surface area contributed by atoms with Gasteiger partial charge in [-0.05, 0) is 24.1 Å². The van der Waals surface area contributed by atoms with Crippen LogP contribution in [-0.4, -0.2) is 38.1 Å². The topological polar surface area (TPSA) is 64.7 Å².